The Hall–Kier alpha value is -2.31. The van der Waals surface area contributed by atoms with Crippen molar-refractivity contribution in [1.82, 2.24) is 10.3 Å². The number of nitrogen functional groups attached to an aromatic ring is 1. The SMILES string of the molecule is CNC(=O)C1(C)CCN(c2cc(C(=O)O)c(N)cn2)C1. The number of nitrogens with two attached hydrogens (primary N) is 1. The lowest BCUT2D eigenvalue weighted by molar-refractivity contribution is -0.128. The molecule has 1 amide bonds. The van der Waals surface area contributed by atoms with E-state index in [9.17, 15) is 9.59 Å². The average molecular weight is 278 g/mol. The highest BCUT2D eigenvalue weighted by Crippen LogP contribution is 2.33. The molecule has 7 heteroatoms. The van der Waals surface area contributed by atoms with Crippen molar-refractivity contribution in [2.75, 3.05) is 30.8 Å². The largest absolute Gasteiger partial charge is 0.478 e. The molecule has 1 fully saturated rings. The van der Waals surface area contributed by atoms with E-state index in [1.54, 1.807) is 7.05 Å². The maximum absolute atomic E-state index is 11.9. The summed E-state index contributed by atoms with van der Waals surface area (Å²) in [5.74, 6) is -0.572. The van der Waals surface area contributed by atoms with Crippen LogP contribution in [0.3, 0.4) is 0 Å². The molecule has 0 aromatic carbocycles. The summed E-state index contributed by atoms with van der Waals surface area (Å²) >= 11 is 0. The number of anilines is 2. The summed E-state index contributed by atoms with van der Waals surface area (Å²) < 4.78 is 0. The first kappa shape index (κ1) is 14.1. The van der Waals surface area contributed by atoms with E-state index in [4.69, 9.17) is 10.8 Å². The molecule has 108 valence electrons. The Morgan fingerprint density at radius 2 is 2.25 bits per heavy atom. The number of nitrogens with zero attached hydrogens (tertiary/aromatic N) is 2. The van der Waals surface area contributed by atoms with Crippen LogP contribution in [-0.4, -0.2) is 42.1 Å². The predicted molar refractivity (Wildman–Crippen MR) is 74.6 cm³/mol. The first-order valence-corrected chi connectivity index (χ1v) is 6.33. The molecular formula is C13H18N4O3. The van der Waals surface area contributed by atoms with Gasteiger partial charge in [0.25, 0.3) is 0 Å². The van der Waals surface area contributed by atoms with Gasteiger partial charge in [-0.25, -0.2) is 9.78 Å². The fraction of sp³-hybridized carbons (Fsp3) is 0.462. The van der Waals surface area contributed by atoms with Crippen molar-refractivity contribution in [2.24, 2.45) is 5.41 Å². The minimum absolute atomic E-state index is 0.0195. The number of pyridine rings is 1. The molecule has 4 N–H and O–H groups in total. The van der Waals surface area contributed by atoms with Crippen LogP contribution in [0.15, 0.2) is 12.3 Å². The van der Waals surface area contributed by atoms with Crippen LogP contribution in [0, 0.1) is 5.41 Å². The number of aromatic nitrogens is 1. The molecule has 0 aliphatic carbocycles. The van der Waals surface area contributed by atoms with Gasteiger partial charge in [-0.15, -0.1) is 0 Å². The number of nitrogens with one attached hydrogen (secondary N) is 1. The smallest absolute Gasteiger partial charge is 0.337 e. The van der Waals surface area contributed by atoms with Crippen LogP contribution >= 0.6 is 0 Å². The van der Waals surface area contributed by atoms with Crippen molar-refractivity contribution in [3.05, 3.63) is 17.8 Å². The first-order valence-electron chi connectivity index (χ1n) is 6.33. The van der Waals surface area contributed by atoms with Crippen LogP contribution in [0.5, 0.6) is 0 Å². The maximum atomic E-state index is 11.9. The molecular weight excluding hydrogens is 260 g/mol. The third-order valence-corrected chi connectivity index (χ3v) is 3.72. The number of carbonyl (C=O) groups excluding carboxylic acids is 1. The molecule has 0 bridgehead atoms. The van der Waals surface area contributed by atoms with Crippen LogP contribution in [0.4, 0.5) is 11.5 Å². The second-order valence-corrected chi connectivity index (χ2v) is 5.25. The Bertz CT molecular complexity index is 561. The number of rotatable bonds is 3. The first-order chi connectivity index (χ1) is 9.37. The van der Waals surface area contributed by atoms with E-state index in [2.05, 4.69) is 10.3 Å². The van der Waals surface area contributed by atoms with Gasteiger partial charge in [0, 0.05) is 20.1 Å². The maximum Gasteiger partial charge on any atom is 0.337 e. The number of hydrogen-bond donors (Lipinski definition) is 3. The highest BCUT2D eigenvalue weighted by atomic mass is 16.4. The van der Waals surface area contributed by atoms with Gasteiger partial charge in [-0.05, 0) is 19.4 Å². The third-order valence-electron chi connectivity index (χ3n) is 3.72. The molecule has 7 nitrogen and oxygen atoms in total. The van der Waals surface area contributed by atoms with Gasteiger partial charge in [0.2, 0.25) is 5.91 Å². The third kappa shape index (κ3) is 2.38. The molecule has 1 aliphatic rings. The quantitative estimate of drug-likeness (QED) is 0.735. The summed E-state index contributed by atoms with van der Waals surface area (Å²) in [7, 11) is 1.61. The van der Waals surface area contributed by atoms with E-state index in [1.165, 1.54) is 12.3 Å². The van der Waals surface area contributed by atoms with E-state index in [1.807, 2.05) is 11.8 Å². The lowest BCUT2D eigenvalue weighted by Gasteiger charge is -2.23. The van der Waals surface area contributed by atoms with Crippen molar-refractivity contribution < 1.29 is 14.7 Å². The van der Waals surface area contributed by atoms with Crippen molar-refractivity contribution in [1.29, 1.82) is 0 Å². The number of carboxylic acid groups (broad SMARTS) is 1. The number of hydrogen-bond acceptors (Lipinski definition) is 5. The Morgan fingerprint density at radius 1 is 1.55 bits per heavy atom. The number of amides is 1. The van der Waals surface area contributed by atoms with Crippen LogP contribution < -0.4 is 16.0 Å². The number of carboxylic acids is 1. The summed E-state index contributed by atoms with van der Waals surface area (Å²) in [6.07, 6.45) is 2.04. The van der Waals surface area contributed by atoms with Gasteiger partial charge >= 0.3 is 5.97 Å². The van der Waals surface area contributed by atoms with E-state index in [0.717, 1.165) is 0 Å². The minimum atomic E-state index is -1.08. The second kappa shape index (κ2) is 4.99. The molecule has 2 rings (SSSR count). The Kier molecular flexibility index (Phi) is 3.52. The molecule has 0 radical (unpaired) electrons. The molecule has 1 unspecified atom stereocenters. The van der Waals surface area contributed by atoms with Gasteiger partial charge in [0.05, 0.1) is 22.9 Å². The molecule has 1 saturated heterocycles. The van der Waals surface area contributed by atoms with Crippen molar-refractivity contribution in [2.45, 2.75) is 13.3 Å². The van der Waals surface area contributed by atoms with E-state index < -0.39 is 11.4 Å². The summed E-state index contributed by atoms with van der Waals surface area (Å²) in [6, 6.07) is 1.45. The van der Waals surface area contributed by atoms with Gasteiger partial charge in [0.15, 0.2) is 0 Å². The molecule has 20 heavy (non-hydrogen) atoms. The van der Waals surface area contributed by atoms with Gasteiger partial charge in [-0.3, -0.25) is 4.79 Å². The molecule has 1 aromatic rings. The van der Waals surface area contributed by atoms with Crippen LogP contribution in [0.2, 0.25) is 0 Å². The highest BCUT2D eigenvalue weighted by molar-refractivity contribution is 5.94. The normalized spacial score (nSPS) is 21.8. The number of aromatic carboxylic acids is 1. The van der Waals surface area contributed by atoms with Gasteiger partial charge in [-0.1, -0.05) is 0 Å². The average Bonchev–Trinajstić information content (AvgIpc) is 2.82. The molecule has 1 aromatic heterocycles. The van der Waals surface area contributed by atoms with Crippen molar-refractivity contribution >= 4 is 23.4 Å². The Morgan fingerprint density at radius 3 is 2.85 bits per heavy atom. The summed E-state index contributed by atoms with van der Waals surface area (Å²) in [6.45, 7) is 3.05. The zero-order chi connectivity index (χ0) is 14.9. The van der Waals surface area contributed by atoms with Crippen molar-refractivity contribution in [3.63, 3.8) is 0 Å². The van der Waals surface area contributed by atoms with Gasteiger partial charge in [-0.2, -0.15) is 0 Å². The van der Waals surface area contributed by atoms with E-state index >= 15 is 0 Å². The Balaban J connectivity index is 2.25. The molecule has 0 saturated carbocycles. The molecule has 0 spiro atoms. The van der Waals surface area contributed by atoms with Crippen LogP contribution in [-0.2, 0) is 4.79 Å². The summed E-state index contributed by atoms with van der Waals surface area (Å²) in [5, 5.41) is 11.7. The lowest BCUT2D eigenvalue weighted by atomic mass is 9.89. The predicted octanol–water partition coefficient (Wildman–Crippen LogP) is 0.324. The van der Waals surface area contributed by atoms with Crippen LogP contribution in [0.1, 0.15) is 23.7 Å². The number of carbonyl (C=O) groups is 2. The Labute approximate surface area is 116 Å². The molecule has 1 atom stereocenters. The van der Waals surface area contributed by atoms with Crippen molar-refractivity contribution in [3.8, 4) is 0 Å². The van der Waals surface area contributed by atoms with Crippen LogP contribution in [0.25, 0.3) is 0 Å². The van der Waals surface area contributed by atoms with E-state index in [-0.39, 0.29) is 17.2 Å². The minimum Gasteiger partial charge on any atom is -0.478 e. The van der Waals surface area contributed by atoms with Gasteiger partial charge in [0.1, 0.15) is 5.82 Å². The molecule has 2 heterocycles. The lowest BCUT2D eigenvalue weighted by Crippen LogP contribution is -2.39. The monoisotopic (exact) mass is 278 g/mol. The standard InChI is InChI=1S/C13H18N4O3/c1-13(12(20)15-2)3-4-17(7-13)10-5-8(11(18)19)9(14)6-16-10/h5-6H,3-4,7,14H2,1-2H3,(H,15,20)(H,18,19). The zero-order valence-electron chi connectivity index (χ0n) is 11.5. The fourth-order valence-corrected chi connectivity index (χ4v) is 2.46. The van der Waals surface area contributed by atoms with Gasteiger partial charge < -0.3 is 21.1 Å². The summed E-state index contributed by atoms with van der Waals surface area (Å²) in [5.41, 5.74) is 5.27. The van der Waals surface area contributed by atoms with E-state index in [0.29, 0.717) is 25.3 Å². The fourth-order valence-electron chi connectivity index (χ4n) is 2.46. The zero-order valence-corrected chi connectivity index (χ0v) is 11.5. The topological polar surface area (TPSA) is 109 Å². The highest BCUT2D eigenvalue weighted by Gasteiger charge is 2.40. The summed E-state index contributed by atoms with van der Waals surface area (Å²) in [4.78, 5) is 29.0. The second-order valence-electron chi connectivity index (χ2n) is 5.25. The molecule has 1 aliphatic heterocycles.